The van der Waals surface area contributed by atoms with Gasteiger partial charge in [-0.3, -0.25) is 5.32 Å². The van der Waals surface area contributed by atoms with E-state index in [9.17, 15) is 10.1 Å². The number of anilines is 2. The van der Waals surface area contributed by atoms with Crippen LogP contribution in [-0.2, 0) is 0 Å². The lowest BCUT2D eigenvalue weighted by Crippen LogP contribution is -2.36. The first-order chi connectivity index (χ1) is 15.6. The lowest BCUT2D eigenvalue weighted by molar-refractivity contribution is 0.217. The van der Waals surface area contributed by atoms with Gasteiger partial charge in [0, 0.05) is 44.0 Å². The SMILES string of the molecule is CCOc1noc(NC(=O)N2C[C@H]3C[C@@H](N(C)c4c(C#N)cnc5[nH]ccc45)C[C@H]3C2)n1. The van der Waals surface area contributed by atoms with Gasteiger partial charge in [0.1, 0.15) is 11.7 Å². The van der Waals surface area contributed by atoms with Gasteiger partial charge in [0.25, 0.3) is 0 Å². The van der Waals surface area contributed by atoms with Gasteiger partial charge in [-0.2, -0.15) is 5.26 Å². The van der Waals surface area contributed by atoms with Crippen LogP contribution in [0.4, 0.5) is 16.5 Å². The van der Waals surface area contributed by atoms with Crippen LogP contribution in [0.5, 0.6) is 6.01 Å². The molecule has 1 aliphatic carbocycles. The smallest absolute Gasteiger partial charge is 0.355 e. The van der Waals surface area contributed by atoms with Crippen LogP contribution in [0.3, 0.4) is 0 Å². The fraction of sp³-hybridized carbons (Fsp3) is 0.476. The summed E-state index contributed by atoms with van der Waals surface area (Å²) in [6, 6.07) is 4.44. The van der Waals surface area contributed by atoms with Crippen molar-refractivity contribution in [2.75, 3.05) is 37.0 Å². The number of carbonyl (C=O) groups is 1. The minimum atomic E-state index is -0.245. The number of urea groups is 1. The Morgan fingerprint density at radius 2 is 2.22 bits per heavy atom. The zero-order valence-corrected chi connectivity index (χ0v) is 17.9. The van der Waals surface area contributed by atoms with Gasteiger partial charge in [-0.05, 0) is 42.8 Å². The van der Waals surface area contributed by atoms with E-state index in [2.05, 4.69) is 36.4 Å². The maximum Gasteiger partial charge on any atom is 0.355 e. The molecule has 1 aliphatic heterocycles. The molecular formula is C21H24N8O3. The van der Waals surface area contributed by atoms with Crippen molar-refractivity contribution in [3.63, 3.8) is 0 Å². The molecule has 11 heteroatoms. The molecule has 2 amide bonds. The summed E-state index contributed by atoms with van der Waals surface area (Å²) in [6.07, 6.45) is 5.38. The molecule has 3 aromatic heterocycles. The van der Waals surface area contributed by atoms with Gasteiger partial charge in [0.15, 0.2) is 0 Å². The number of aromatic amines is 1. The lowest BCUT2D eigenvalue weighted by atomic mass is 10.0. The van der Waals surface area contributed by atoms with Crippen molar-refractivity contribution >= 4 is 28.8 Å². The summed E-state index contributed by atoms with van der Waals surface area (Å²) in [7, 11) is 2.05. The summed E-state index contributed by atoms with van der Waals surface area (Å²) in [5.41, 5.74) is 2.27. The highest BCUT2D eigenvalue weighted by atomic mass is 16.6. The molecule has 0 spiro atoms. The summed E-state index contributed by atoms with van der Waals surface area (Å²) >= 11 is 0. The van der Waals surface area contributed by atoms with E-state index in [0.717, 1.165) is 29.6 Å². The molecule has 166 valence electrons. The zero-order chi connectivity index (χ0) is 22.2. The summed E-state index contributed by atoms with van der Waals surface area (Å²) in [4.78, 5) is 28.1. The standard InChI is InChI=1S/C21H24N8O3/c1-3-31-20-25-19(32-27-20)26-21(30)29-10-12-6-15(7-13(12)11-29)28(2)17-14(8-22)9-24-18-16(17)4-5-23-18/h4-5,9,12-13,15H,3,6-7,10-11H2,1-2H3,(H,23,24)(H,25,26,27,30)/t12-,13+,15-. The fourth-order valence-electron chi connectivity index (χ4n) is 5.01. The van der Waals surface area contributed by atoms with E-state index >= 15 is 0 Å². The normalized spacial score (nSPS) is 22.0. The highest BCUT2D eigenvalue weighted by molar-refractivity contribution is 5.93. The second-order valence-corrected chi connectivity index (χ2v) is 8.28. The molecule has 2 fully saturated rings. The molecule has 11 nitrogen and oxygen atoms in total. The Morgan fingerprint density at radius 3 is 2.94 bits per heavy atom. The van der Waals surface area contributed by atoms with E-state index < -0.39 is 0 Å². The van der Waals surface area contributed by atoms with E-state index in [1.165, 1.54) is 0 Å². The van der Waals surface area contributed by atoms with Crippen LogP contribution < -0.4 is 15.0 Å². The molecule has 0 aromatic carbocycles. The molecule has 2 aliphatic rings. The maximum atomic E-state index is 12.6. The minimum absolute atomic E-state index is 0.0327. The average molecular weight is 436 g/mol. The first kappa shape index (κ1) is 20.1. The van der Waals surface area contributed by atoms with Gasteiger partial charge in [0.05, 0.1) is 17.9 Å². The first-order valence-electron chi connectivity index (χ1n) is 10.7. The van der Waals surface area contributed by atoms with E-state index in [4.69, 9.17) is 9.26 Å². The van der Waals surface area contributed by atoms with Gasteiger partial charge in [-0.1, -0.05) is 0 Å². The Labute approximate surface area is 184 Å². The van der Waals surface area contributed by atoms with Crippen LogP contribution in [0.25, 0.3) is 11.0 Å². The van der Waals surface area contributed by atoms with Crippen molar-refractivity contribution in [1.82, 2.24) is 25.0 Å². The van der Waals surface area contributed by atoms with Gasteiger partial charge < -0.3 is 24.0 Å². The van der Waals surface area contributed by atoms with Crippen LogP contribution in [-0.4, -0.2) is 63.8 Å². The molecule has 5 rings (SSSR count). The van der Waals surface area contributed by atoms with Crippen LogP contribution in [0.1, 0.15) is 25.3 Å². The number of aromatic nitrogens is 4. The summed E-state index contributed by atoms with van der Waals surface area (Å²) < 4.78 is 10.2. The fourth-order valence-corrected chi connectivity index (χ4v) is 5.01. The predicted octanol–water partition coefficient (Wildman–Crippen LogP) is 2.59. The van der Waals surface area contributed by atoms with Gasteiger partial charge in [-0.15, -0.1) is 4.98 Å². The van der Waals surface area contributed by atoms with E-state index in [1.54, 1.807) is 11.1 Å². The molecule has 0 radical (unpaired) electrons. The molecule has 4 heterocycles. The molecule has 0 bridgehead atoms. The number of likely N-dealkylation sites (tertiary alicyclic amines) is 1. The number of nitriles is 1. The number of pyridine rings is 1. The number of rotatable bonds is 5. The second-order valence-electron chi connectivity index (χ2n) is 8.28. The van der Waals surface area contributed by atoms with Crippen molar-refractivity contribution < 1.29 is 14.1 Å². The summed E-state index contributed by atoms with van der Waals surface area (Å²) in [5, 5.41) is 16.9. The van der Waals surface area contributed by atoms with Gasteiger partial charge in [0.2, 0.25) is 0 Å². The number of carbonyl (C=O) groups excluding carboxylic acids is 1. The molecule has 3 aromatic rings. The van der Waals surface area contributed by atoms with Crippen LogP contribution in [0.15, 0.2) is 23.0 Å². The topological polar surface area (TPSA) is 136 Å². The van der Waals surface area contributed by atoms with Crippen molar-refractivity contribution in [3.05, 3.63) is 24.0 Å². The number of fused-ring (bicyclic) bond motifs is 2. The number of hydrogen-bond acceptors (Lipinski definition) is 8. The number of amides is 2. The molecule has 1 saturated carbocycles. The highest BCUT2D eigenvalue weighted by Gasteiger charge is 2.44. The molecule has 1 saturated heterocycles. The van der Waals surface area contributed by atoms with Crippen LogP contribution >= 0.6 is 0 Å². The molecule has 0 unspecified atom stereocenters. The Hall–Kier alpha value is -3.81. The Kier molecular flexibility index (Phi) is 5.05. The number of nitrogens with zero attached hydrogens (tertiary/aromatic N) is 6. The van der Waals surface area contributed by atoms with Crippen LogP contribution in [0, 0.1) is 23.2 Å². The van der Waals surface area contributed by atoms with E-state index in [0.29, 0.717) is 43.1 Å². The Morgan fingerprint density at radius 1 is 1.44 bits per heavy atom. The Balaban J connectivity index is 1.24. The summed E-state index contributed by atoms with van der Waals surface area (Å²) in [6.45, 7) is 3.59. The van der Waals surface area contributed by atoms with Crippen molar-refractivity contribution in [3.8, 4) is 12.1 Å². The van der Waals surface area contributed by atoms with Crippen LogP contribution in [0.2, 0.25) is 0 Å². The van der Waals surface area contributed by atoms with Gasteiger partial charge in [-0.25, -0.2) is 9.78 Å². The quantitative estimate of drug-likeness (QED) is 0.623. The van der Waals surface area contributed by atoms with Gasteiger partial charge >= 0.3 is 18.1 Å². The molecule has 32 heavy (non-hydrogen) atoms. The number of nitrogens with one attached hydrogen (secondary N) is 2. The van der Waals surface area contributed by atoms with E-state index in [-0.39, 0.29) is 18.1 Å². The summed E-state index contributed by atoms with van der Waals surface area (Å²) in [5.74, 6) is 0.813. The third-order valence-corrected chi connectivity index (χ3v) is 6.49. The lowest BCUT2D eigenvalue weighted by Gasteiger charge is -2.29. The largest absolute Gasteiger partial charge is 0.462 e. The highest BCUT2D eigenvalue weighted by Crippen LogP contribution is 2.42. The monoisotopic (exact) mass is 436 g/mol. The zero-order valence-electron chi connectivity index (χ0n) is 17.9. The average Bonchev–Trinajstić information content (AvgIpc) is 3.55. The first-order valence-corrected chi connectivity index (χ1v) is 10.7. The van der Waals surface area contributed by atoms with Crippen molar-refractivity contribution in [2.45, 2.75) is 25.8 Å². The number of ether oxygens (including phenoxy) is 1. The minimum Gasteiger partial charge on any atom is -0.462 e. The third kappa shape index (κ3) is 3.47. The second kappa shape index (κ2) is 8.03. The maximum absolute atomic E-state index is 12.6. The number of H-pyrrole nitrogens is 1. The number of hydrogen-bond donors (Lipinski definition) is 2. The molecular weight excluding hydrogens is 412 g/mol. The predicted molar refractivity (Wildman–Crippen MR) is 115 cm³/mol. The van der Waals surface area contributed by atoms with Crippen molar-refractivity contribution in [1.29, 1.82) is 5.26 Å². The third-order valence-electron chi connectivity index (χ3n) is 6.49. The Bertz CT molecular complexity index is 1170. The molecule has 2 N–H and O–H groups in total. The molecule has 3 atom stereocenters. The van der Waals surface area contributed by atoms with Crippen molar-refractivity contribution in [2.24, 2.45) is 11.8 Å². The van der Waals surface area contributed by atoms with E-state index in [1.807, 2.05) is 26.2 Å².